The molecule has 1 aliphatic heterocycles. The van der Waals surface area contributed by atoms with Crippen LogP contribution in [-0.4, -0.2) is 82.3 Å². The third kappa shape index (κ3) is 7.69. The second-order valence-electron chi connectivity index (χ2n) is 9.94. The minimum atomic E-state index is -0.191. The van der Waals surface area contributed by atoms with Gasteiger partial charge in [0.05, 0.1) is 6.61 Å². The zero-order valence-electron chi connectivity index (χ0n) is 22.2. The molecule has 10 nitrogen and oxygen atoms in total. The number of ether oxygens (including phenoxy) is 2. The SMILES string of the molecule is CCCCOc1nc(N)c2[nH]c(=O)n(CC3CCN(CCCN(C)CCOc4ccccc4)CC3)c2n1. The quantitative estimate of drug-likeness (QED) is 0.318. The van der Waals surface area contributed by atoms with E-state index in [1.165, 1.54) is 0 Å². The van der Waals surface area contributed by atoms with Crippen LogP contribution in [0.1, 0.15) is 39.0 Å². The molecule has 3 N–H and O–H groups in total. The van der Waals surface area contributed by atoms with Gasteiger partial charge in [-0.1, -0.05) is 31.5 Å². The van der Waals surface area contributed by atoms with E-state index in [4.69, 9.17) is 15.2 Å². The molecule has 3 heterocycles. The number of hydrogen-bond donors (Lipinski definition) is 2. The predicted molar refractivity (Wildman–Crippen MR) is 146 cm³/mol. The third-order valence-corrected chi connectivity index (χ3v) is 7.01. The minimum Gasteiger partial charge on any atom is -0.492 e. The van der Waals surface area contributed by atoms with Gasteiger partial charge in [-0.15, -0.1) is 0 Å². The number of anilines is 1. The van der Waals surface area contributed by atoms with Crippen molar-refractivity contribution in [1.29, 1.82) is 0 Å². The second-order valence-corrected chi connectivity index (χ2v) is 9.94. The number of rotatable bonds is 14. The lowest BCUT2D eigenvalue weighted by Gasteiger charge is -2.32. The van der Waals surface area contributed by atoms with E-state index in [-0.39, 0.29) is 17.5 Å². The molecule has 1 aliphatic rings. The largest absolute Gasteiger partial charge is 0.492 e. The molecular weight excluding hydrogens is 470 g/mol. The number of unbranched alkanes of at least 4 members (excludes halogenated alkanes) is 1. The Balaban J connectivity index is 1.20. The van der Waals surface area contributed by atoms with Crippen LogP contribution < -0.4 is 20.9 Å². The van der Waals surface area contributed by atoms with Gasteiger partial charge in [0.1, 0.15) is 17.9 Å². The normalized spacial score (nSPS) is 15.0. The minimum absolute atomic E-state index is 0.191. The van der Waals surface area contributed by atoms with E-state index in [9.17, 15) is 4.79 Å². The molecule has 0 radical (unpaired) electrons. The molecule has 0 unspecified atom stereocenters. The average Bonchev–Trinajstić information content (AvgIpc) is 3.21. The zero-order valence-corrected chi connectivity index (χ0v) is 22.2. The maximum Gasteiger partial charge on any atom is 0.327 e. The summed E-state index contributed by atoms with van der Waals surface area (Å²) in [4.78, 5) is 29.1. The number of piperidine rings is 1. The first-order valence-electron chi connectivity index (χ1n) is 13.5. The van der Waals surface area contributed by atoms with E-state index in [1.54, 1.807) is 4.57 Å². The third-order valence-electron chi connectivity index (χ3n) is 7.01. The molecule has 3 aromatic rings. The Morgan fingerprint density at radius 1 is 1.08 bits per heavy atom. The molecule has 2 aromatic heterocycles. The molecule has 0 atom stereocenters. The van der Waals surface area contributed by atoms with Gasteiger partial charge in [-0.3, -0.25) is 4.57 Å². The van der Waals surface area contributed by atoms with Crippen LogP contribution >= 0.6 is 0 Å². The van der Waals surface area contributed by atoms with Crippen LogP contribution in [0.25, 0.3) is 11.2 Å². The average molecular weight is 512 g/mol. The van der Waals surface area contributed by atoms with Gasteiger partial charge in [0, 0.05) is 13.1 Å². The number of likely N-dealkylation sites (N-methyl/N-ethyl adjacent to an activating group) is 1. The Morgan fingerprint density at radius 3 is 2.62 bits per heavy atom. The Hall–Kier alpha value is -3.11. The summed E-state index contributed by atoms with van der Waals surface area (Å²) in [5.74, 6) is 1.59. The molecule has 0 bridgehead atoms. The van der Waals surface area contributed by atoms with Crippen molar-refractivity contribution < 1.29 is 9.47 Å². The molecule has 0 saturated carbocycles. The van der Waals surface area contributed by atoms with E-state index in [0.717, 1.165) is 70.6 Å². The lowest BCUT2D eigenvalue weighted by Crippen LogP contribution is -2.37. The van der Waals surface area contributed by atoms with Crippen LogP contribution in [0, 0.1) is 5.92 Å². The molecule has 37 heavy (non-hydrogen) atoms. The van der Waals surface area contributed by atoms with Crippen LogP contribution in [0.5, 0.6) is 11.8 Å². The summed E-state index contributed by atoms with van der Waals surface area (Å²) in [5, 5.41) is 0. The number of nitrogens with zero attached hydrogens (tertiary/aromatic N) is 5. The summed E-state index contributed by atoms with van der Waals surface area (Å²) >= 11 is 0. The number of aromatic nitrogens is 4. The maximum absolute atomic E-state index is 12.7. The number of hydrogen-bond acceptors (Lipinski definition) is 8. The maximum atomic E-state index is 12.7. The van der Waals surface area contributed by atoms with Crippen molar-refractivity contribution in [2.45, 2.75) is 45.6 Å². The Labute approximate surface area is 218 Å². The van der Waals surface area contributed by atoms with Crippen LogP contribution in [0.2, 0.25) is 0 Å². The van der Waals surface area contributed by atoms with Gasteiger partial charge in [-0.25, -0.2) is 4.79 Å². The Bertz CT molecular complexity index is 1160. The Morgan fingerprint density at radius 2 is 1.86 bits per heavy atom. The lowest BCUT2D eigenvalue weighted by atomic mass is 9.96. The second kappa shape index (κ2) is 13.4. The van der Waals surface area contributed by atoms with Crippen LogP contribution in [0.3, 0.4) is 0 Å². The number of imidazole rings is 1. The van der Waals surface area contributed by atoms with E-state index in [2.05, 4.69) is 38.7 Å². The number of H-pyrrole nitrogens is 1. The summed E-state index contributed by atoms with van der Waals surface area (Å²) in [5.41, 5.74) is 6.92. The number of para-hydroxylation sites is 1. The van der Waals surface area contributed by atoms with Gasteiger partial charge in [-0.05, 0) is 77.0 Å². The summed E-state index contributed by atoms with van der Waals surface area (Å²) in [6, 6.07) is 10.2. The number of fused-ring (bicyclic) bond motifs is 1. The number of likely N-dealkylation sites (tertiary alicyclic amines) is 1. The summed E-state index contributed by atoms with van der Waals surface area (Å²) < 4.78 is 13.1. The summed E-state index contributed by atoms with van der Waals surface area (Å²) in [7, 11) is 2.15. The molecule has 0 amide bonds. The van der Waals surface area contributed by atoms with Crippen molar-refractivity contribution in [3.8, 4) is 11.8 Å². The topological polar surface area (TPSA) is 115 Å². The van der Waals surface area contributed by atoms with Crippen LogP contribution in [0.4, 0.5) is 5.82 Å². The summed E-state index contributed by atoms with van der Waals surface area (Å²) in [6.45, 7) is 9.10. The van der Waals surface area contributed by atoms with Crippen molar-refractivity contribution in [1.82, 2.24) is 29.3 Å². The number of aromatic amines is 1. The van der Waals surface area contributed by atoms with Crippen molar-refractivity contribution in [3.05, 3.63) is 40.8 Å². The molecule has 1 fully saturated rings. The summed E-state index contributed by atoms with van der Waals surface area (Å²) in [6.07, 6.45) is 5.18. The molecule has 1 aromatic carbocycles. The predicted octanol–water partition coefficient (Wildman–Crippen LogP) is 2.99. The molecule has 4 rings (SSSR count). The molecule has 0 aliphatic carbocycles. The number of nitrogens with two attached hydrogens (primary N) is 1. The monoisotopic (exact) mass is 511 g/mol. The highest BCUT2D eigenvalue weighted by Gasteiger charge is 2.22. The van der Waals surface area contributed by atoms with Gasteiger partial charge < -0.3 is 30.0 Å². The van der Waals surface area contributed by atoms with E-state index in [0.29, 0.717) is 36.8 Å². The Kier molecular flexibility index (Phi) is 9.78. The van der Waals surface area contributed by atoms with Crippen LogP contribution in [0.15, 0.2) is 35.1 Å². The number of nitrogens with one attached hydrogen (secondary N) is 1. The van der Waals surface area contributed by atoms with Gasteiger partial charge >= 0.3 is 11.7 Å². The van der Waals surface area contributed by atoms with E-state index in [1.807, 2.05) is 30.3 Å². The molecule has 10 heteroatoms. The van der Waals surface area contributed by atoms with Gasteiger partial charge in [-0.2, -0.15) is 9.97 Å². The highest BCUT2D eigenvalue weighted by molar-refractivity contribution is 5.81. The zero-order chi connectivity index (χ0) is 26.0. The van der Waals surface area contributed by atoms with Crippen molar-refractivity contribution >= 4 is 17.0 Å². The van der Waals surface area contributed by atoms with Gasteiger partial charge in [0.15, 0.2) is 11.5 Å². The van der Waals surface area contributed by atoms with Gasteiger partial charge in [0.25, 0.3) is 0 Å². The lowest BCUT2D eigenvalue weighted by molar-refractivity contribution is 0.162. The standard InChI is InChI=1S/C27H41N7O3/c1-3-4-18-37-26-30-24(28)23-25(31-26)34(27(35)29-23)20-21-11-15-33(16-12-21)14-8-13-32(2)17-19-36-22-9-6-5-7-10-22/h5-7,9-10,21H,3-4,8,11-20H2,1-2H3,(H,29,35)(H2,28,30,31). The number of benzene rings is 1. The highest BCUT2D eigenvalue weighted by atomic mass is 16.5. The first-order valence-corrected chi connectivity index (χ1v) is 13.5. The fraction of sp³-hybridized carbons (Fsp3) is 0.593. The number of nitrogen functional groups attached to an aromatic ring is 1. The fourth-order valence-electron chi connectivity index (χ4n) is 4.74. The molecule has 0 spiro atoms. The first-order chi connectivity index (χ1) is 18.0. The highest BCUT2D eigenvalue weighted by Crippen LogP contribution is 2.23. The van der Waals surface area contributed by atoms with Crippen molar-refractivity contribution in [2.24, 2.45) is 5.92 Å². The smallest absolute Gasteiger partial charge is 0.327 e. The first kappa shape index (κ1) is 26.9. The fourth-order valence-corrected chi connectivity index (χ4v) is 4.74. The van der Waals surface area contributed by atoms with Crippen LogP contribution in [-0.2, 0) is 6.54 Å². The molecule has 1 saturated heterocycles. The molecule has 202 valence electrons. The van der Waals surface area contributed by atoms with Crippen molar-refractivity contribution in [3.63, 3.8) is 0 Å². The van der Waals surface area contributed by atoms with Crippen molar-refractivity contribution in [2.75, 3.05) is 58.7 Å². The van der Waals surface area contributed by atoms with Gasteiger partial charge in [0.2, 0.25) is 0 Å². The molecular formula is C27H41N7O3. The van der Waals surface area contributed by atoms with E-state index >= 15 is 0 Å². The van der Waals surface area contributed by atoms with E-state index < -0.39 is 0 Å².